The van der Waals surface area contributed by atoms with Crippen molar-refractivity contribution >= 4 is 202 Å². The lowest BCUT2D eigenvalue weighted by Crippen LogP contribution is -2.46. The molecule has 0 aromatic carbocycles. The molecule has 0 spiro atoms. The van der Waals surface area contributed by atoms with Crippen molar-refractivity contribution in [3.63, 3.8) is 0 Å². The van der Waals surface area contributed by atoms with Gasteiger partial charge in [-0.25, -0.2) is 0 Å². The van der Waals surface area contributed by atoms with E-state index in [1.807, 2.05) is 49.2 Å². The molecule has 0 amide bonds. The predicted octanol–water partition coefficient (Wildman–Crippen LogP) is 12.8. The second-order valence-corrected chi connectivity index (χ2v) is 39.3. The highest BCUT2D eigenvalue weighted by atomic mass is 32.1. The van der Waals surface area contributed by atoms with Crippen molar-refractivity contribution in [2.24, 2.45) is 68.3 Å². The van der Waals surface area contributed by atoms with Crippen LogP contribution in [0.15, 0.2) is 0 Å². The van der Waals surface area contributed by atoms with Crippen LogP contribution in [-0.4, -0.2) is 272 Å². The SMILES string of the molecule is CCNC[C@@H](CS)CC[C@@H](CS)NCC.CCNC[C@](C)(CS)CC[C@](C)(CS)NCC.CCN[C@@](C)(CS)CC[C@@](C)(CS)CNC.CCN[C@H](CS)CC[C@H](CS)CNC.CNC[C@@H](CS)CC[C@@H](CS)NC.CNC[C@](C)(CS)CC[C@](C)(CS)NC.C[C@](N)(CS)CC[C@](C)(CN)CS.NC[C@@H](CS)CC[C@H](N)CS. The monoisotopic (exact) mass is 1920 g/mol. The van der Waals surface area contributed by atoms with Gasteiger partial charge in [-0.2, -0.15) is 202 Å². The van der Waals surface area contributed by atoms with E-state index in [0.717, 1.165) is 216 Å². The molecule has 32 heteroatoms. The van der Waals surface area contributed by atoms with E-state index in [9.17, 15) is 0 Å². The Morgan fingerprint density at radius 2 is 0.649 bits per heavy atom. The van der Waals surface area contributed by atoms with Gasteiger partial charge in [0.1, 0.15) is 0 Å². The van der Waals surface area contributed by atoms with Crippen LogP contribution in [0.2, 0.25) is 0 Å². The maximum atomic E-state index is 5.99. The Kier molecular flexibility index (Phi) is 104. The molecule has 0 aromatic heterocycles. The summed E-state index contributed by atoms with van der Waals surface area (Å²) < 4.78 is 0. The van der Waals surface area contributed by atoms with Gasteiger partial charge in [0, 0.05) is 112 Å². The number of nitrogens with two attached hydrogens (primary N) is 4. The fourth-order valence-corrected chi connectivity index (χ4v) is 16.0. The molecule has 0 fully saturated rings. The van der Waals surface area contributed by atoms with E-state index in [1.165, 1.54) is 51.4 Å². The van der Waals surface area contributed by atoms with Crippen molar-refractivity contribution in [1.29, 1.82) is 0 Å². The number of rotatable bonds is 66. The molecule has 0 rings (SSSR count). The highest BCUT2D eigenvalue weighted by molar-refractivity contribution is 7.82. The summed E-state index contributed by atoms with van der Waals surface area (Å²) in [6.07, 6.45) is 18.2. The second-order valence-electron chi connectivity index (χ2n) is 33.8. The average Bonchev–Trinajstić information content (AvgIpc) is 0.888. The summed E-state index contributed by atoms with van der Waals surface area (Å²) in [4.78, 5) is 0. The lowest BCUT2D eigenvalue weighted by Gasteiger charge is -2.35. The Bertz CT molecular complexity index is 1900. The quantitative estimate of drug-likeness (QED) is 0.0253. The number of hydrogen-bond acceptors (Lipinski definition) is 32. The first-order chi connectivity index (χ1) is 53.8. The summed E-state index contributed by atoms with van der Waals surface area (Å²) >= 11 is 69.6. The van der Waals surface area contributed by atoms with E-state index in [-0.39, 0.29) is 49.9 Å². The molecule has 0 bridgehead atoms. The minimum atomic E-state index is -0.178. The van der Waals surface area contributed by atoms with Crippen LogP contribution < -0.4 is 86.7 Å². The molecule has 700 valence electrons. The van der Waals surface area contributed by atoms with Crippen molar-refractivity contribution in [1.82, 2.24) is 63.8 Å². The van der Waals surface area contributed by atoms with Crippen LogP contribution in [0.5, 0.6) is 0 Å². The molecule has 0 saturated heterocycles. The van der Waals surface area contributed by atoms with Crippen molar-refractivity contribution in [2.75, 3.05) is 226 Å². The van der Waals surface area contributed by atoms with Gasteiger partial charge >= 0.3 is 0 Å². The molecule has 114 heavy (non-hydrogen) atoms. The maximum absolute atomic E-state index is 5.99. The normalized spacial score (nSPS) is 17.7. The van der Waals surface area contributed by atoms with Gasteiger partial charge in [-0.15, -0.1) is 0 Å². The van der Waals surface area contributed by atoms with Gasteiger partial charge in [-0.1, -0.05) is 69.2 Å². The molecule has 16 atom stereocenters. The topological polar surface area (TPSA) is 248 Å². The molecule has 16 nitrogen and oxygen atoms in total. The molecule has 0 aliphatic rings. The highest BCUT2D eigenvalue weighted by Gasteiger charge is 2.32. The van der Waals surface area contributed by atoms with E-state index >= 15 is 0 Å². The average molecular weight is 1920 g/mol. The third kappa shape index (κ3) is 80.3. The van der Waals surface area contributed by atoms with E-state index in [4.69, 9.17) is 22.9 Å². The smallest absolute Gasteiger partial charge is 0.0241 e. The van der Waals surface area contributed by atoms with Crippen molar-refractivity contribution in [3.05, 3.63) is 0 Å². The van der Waals surface area contributed by atoms with Crippen LogP contribution >= 0.6 is 202 Å². The summed E-state index contributed by atoms with van der Waals surface area (Å²) in [5.41, 5.74) is 24.1. The molecule has 0 heterocycles. The Morgan fingerprint density at radius 1 is 0.307 bits per heavy atom. The van der Waals surface area contributed by atoms with Crippen LogP contribution in [0, 0.1) is 45.3 Å². The van der Waals surface area contributed by atoms with Gasteiger partial charge in [0.2, 0.25) is 0 Å². The van der Waals surface area contributed by atoms with Gasteiger partial charge in [-0.05, 0) is 336 Å². The first-order valence-corrected chi connectivity index (χ1v) is 53.0. The molecule has 0 saturated carbocycles. The lowest BCUT2D eigenvalue weighted by atomic mass is 9.82. The van der Waals surface area contributed by atoms with Gasteiger partial charge < -0.3 is 86.7 Å². The Morgan fingerprint density at radius 3 is 0.912 bits per heavy atom. The zero-order valence-corrected chi connectivity index (χ0v) is 90.9. The van der Waals surface area contributed by atoms with Crippen LogP contribution in [0.25, 0.3) is 0 Å². The molecular formula is C82H196N16S16. The maximum Gasteiger partial charge on any atom is 0.0241 e. The minimum Gasteiger partial charge on any atom is -0.330 e. The summed E-state index contributed by atoms with van der Waals surface area (Å²) in [6, 6.07) is 1.87. The van der Waals surface area contributed by atoms with E-state index in [1.54, 1.807) is 0 Å². The summed E-state index contributed by atoms with van der Waals surface area (Å²) in [5, 5.41) is 40.3. The number of hydrogen-bond donors (Lipinski definition) is 32. The third-order valence-corrected chi connectivity index (χ3v) is 31.2. The van der Waals surface area contributed by atoms with Crippen LogP contribution in [0.1, 0.15) is 200 Å². The van der Waals surface area contributed by atoms with Crippen LogP contribution in [0.4, 0.5) is 0 Å². The van der Waals surface area contributed by atoms with Crippen molar-refractivity contribution in [2.45, 2.75) is 246 Å². The van der Waals surface area contributed by atoms with Crippen molar-refractivity contribution in [3.8, 4) is 0 Å². The number of nitrogens with one attached hydrogen (secondary N) is 12. The molecule has 0 unspecified atom stereocenters. The molecule has 0 aromatic rings. The van der Waals surface area contributed by atoms with Crippen LogP contribution in [0.3, 0.4) is 0 Å². The molecule has 0 aliphatic heterocycles. The van der Waals surface area contributed by atoms with Gasteiger partial charge in [0.25, 0.3) is 0 Å². The van der Waals surface area contributed by atoms with Crippen LogP contribution in [-0.2, 0) is 0 Å². The molecule has 0 aliphatic carbocycles. The fourth-order valence-electron chi connectivity index (χ4n) is 11.4. The molecular weight excluding hydrogens is 1720 g/mol. The largest absolute Gasteiger partial charge is 0.330 e. The van der Waals surface area contributed by atoms with Gasteiger partial charge in [0.15, 0.2) is 0 Å². The summed E-state index contributed by atoms with van der Waals surface area (Å²) in [7, 11) is 12.0. The Hall–Kier alpha value is 4.96. The first-order valence-electron chi connectivity index (χ1n) is 42.8. The Labute approximate surface area is 798 Å². The number of thiol groups is 16. The molecule has 20 N–H and O–H groups in total. The molecule has 0 radical (unpaired) electrons. The van der Waals surface area contributed by atoms with Gasteiger partial charge in [-0.3, -0.25) is 0 Å². The van der Waals surface area contributed by atoms with Gasteiger partial charge in [0.05, 0.1) is 0 Å². The predicted molar refractivity (Wildman–Crippen MR) is 583 cm³/mol. The standard InChI is InChI=1S/C13H30N2S2.C12H28N2S2.2C11H26N2S2.C10H24N2S2.2C9H22N2S2.C7H18N2S2/c1-5-14-9-12(3,10-16)7-8-13(4,11-17)15-6-2;1-5-14-12(3,10-16)7-6-11(2,9-15)8-13-4;1-10(8-14,7-12-3)5-6-11(2,9-15)13-4;1-3-12-7-10(8-14)5-6-11(9-15)13-4-2;1-3-12-10(8-14)5-4-9(7-13)6-11-2;1-10-5-8(6-12)3-4-9(7-13)11-2;1-8(5-10,6-12)3-4-9(2,11)7-13;8-3-6(4-10)1-2-7(9)5-11/h14-17H,5-11H2,1-4H3;13-16H,5-10H2,1-4H3;12-15H,5-9H2,1-4H3;10-15H,3-9H2,1-2H3;9-14H,3-8H2,1-2H3;8-13H,3-7H2,1-2H3;12-13H,3-7,10-11H2,1-2H3;6-7,10-11H,1-5,8-9H2/t12-,13-;11-,12-;2*10-,11-;9-,10-;2*8-,9-;6-,7-/m11100010/s1. The summed E-state index contributed by atoms with van der Waals surface area (Å²) in [5.74, 6) is 16.8. The summed E-state index contributed by atoms with van der Waals surface area (Å²) in [6.45, 7) is 44.5. The van der Waals surface area contributed by atoms with Crippen molar-refractivity contribution < 1.29 is 0 Å². The zero-order chi connectivity index (χ0) is 89.6. The zero-order valence-electron chi connectivity index (χ0n) is 76.6. The third-order valence-electron chi connectivity index (χ3n) is 21.4. The van der Waals surface area contributed by atoms with E-state index in [0.29, 0.717) is 60.6 Å². The second kappa shape index (κ2) is 88.6. The Balaban J connectivity index is -0.000000188. The fraction of sp³-hybridized carbons (Fsp3) is 1.00. The first kappa shape index (κ1) is 134. The van der Waals surface area contributed by atoms with E-state index in [2.05, 4.69) is 356 Å². The van der Waals surface area contributed by atoms with E-state index < -0.39 is 0 Å². The minimum absolute atomic E-state index is 0.118. The lowest BCUT2D eigenvalue weighted by molar-refractivity contribution is 0.263. The highest BCUT2D eigenvalue weighted by Crippen LogP contribution is 2.32.